The Labute approximate surface area is 112 Å². The number of aliphatic carboxylic acids is 1. The van der Waals surface area contributed by atoms with Gasteiger partial charge in [-0.05, 0) is 19.4 Å². The Bertz CT molecular complexity index is 566. The van der Waals surface area contributed by atoms with E-state index in [1.54, 1.807) is 13.0 Å². The Balaban J connectivity index is 3.31. The van der Waals surface area contributed by atoms with Gasteiger partial charge in [-0.2, -0.15) is 23.5 Å². The Morgan fingerprint density at radius 3 is 2.45 bits per heavy atom. The zero-order chi connectivity index (χ0) is 15.5. The molecule has 20 heavy (non-hydrogen) atoms. The lowest BCUT2D eigenvalue weighted by Gasteiger charge is -2.24. The molecule has 0 radical (unpaired) electrons. The lowest BCUT2D eigenvalue weighted by molar-refractivity contribution is -0.136. The van der Waals surface area contributed by atoms with Crippen molar-refractivity contribution < 1.29 is 23.1 Å². The van der Waals surface area contributed by atoms with Gasteiger partial charge in [0.2, 0.25) is 0 Å². The summed E-state index contributed by atoms with van der Waals surface area (Å²) in [6, 6.07) is 1.74. The number of rotatable bonds is 4. The van der Waals surface area contributed by atoms with Crippen molar-refractivity contribution >= 4 is 11.8 Å². The summed E-state index contributed by atoms with van der Waals surface area (Å²) in [6.45, 7) is 0.618. The number of aromatic nitrogens is 2. The molecule has 0 aliphatic carbocycles. The monoisotopic (exact) mass is 288 g/mol. The molecule has 0 aromatic carbocycles. The fourth-order valence-electron chi connectivity index (χ4n) is 1.54. The Hall–Kier alpha value is -2.37. The highest BCUT2D eigenvalue weighted by molar-refractivity contribution is 5.74. The van der Waals surface area contributed by atoms with E-state index in [4.69, 9.17) is 10.4 Å². The number of hydrogen-bond donors (Lipinski definition) is 1. The van der Waals surface area contributed by atoms with E-state index >= 15 is 0 Å². The topological polar surface area (TPSA) is 90.1 Å². The fraction of sp³-hybridized carbons (Fsp3) is 0.455. The summed E-state index contributed by atoms with van der Waals surface area (Å²) in [6.07, 6.45) is -4.62. The van der Waals surface area contributed by atoms with Gasteiger partial charge in [-0.3, -0.25) is 4.79 Å². The first-order chi connectivity index (χ1) is 9.15. The Morgan fingerprint density at radius 1 is 1.40 bits per heavy atom. The number of nitriles is 1. The molecule has 0 spiro atoms. The molecule has 0 aliphatic heterocycles. The number of carbonyl (C=O) groups is 1. The number of anilines is 1. The summed E-state index contributed by atoms with van der Waals surface area (Å²) in [5.74, 6) is -1.84. The van der Waals surface area contributed by atoms with Gasteiger partial charge in [-0.1, -0.05) is 0 Å². The van der Waals surface area contributed by atoms with Gasteiger partial charge in [0.15, 0.2) is 5.82 Å². The van der Waals surface area contributed by atoms with Gasteiger partial charge in [0, 0.05) is 0 Å². The van der Waals surface area contributed by atoms with Gasteiger partial charge in [-0.15, -0.1) is 5.10 Å². The third-order valence-corrected chi connectivity index (χ3v) is 2.54. The maximum Gasteiger partial charge on any atom is 0.405 e. The van der Waals surface area contributed by atoms with Crippen molar-refractivity contribution in [1.82, 2.24) is 10.2 Å². The highest BCUT2D eigenvalue weighted by Crippen LogP contribution is 2.25. The van der Waals surface area contributed by atoms with E-state index in [0.717, 1.165) is 0 Å². The summed E-state index contributed by atoms with van der Waals surface area (Å²) in [5, 5.41) is 24.9. The minimum Gasteiger partial charge on any atom is -0.480 e. The number of halogens is 3. The molecule has 1 aromatic rings. The molecule has 108 valence electrons. The molecule has 1 N–H and O–H groups in total. The van der Waals surface area contributed by atoms with Gasteiger partial charge >= 0.3 is 12.1 Å². The minimum atomic E-state index is -4.62. The summed E-state index contributed by atoms with van der Waals surface area (Å²) in [5.41, 5.74) is 0.658. The molecule has 0 fully saturated rings. The number of carboxylic acids is 1. The first-order valence-electron chi connectivity index (χ1n) is 5.43. The van der Waals surface area contributed by atoms with Crippen LogP contribution in [0.3, 0.4) is 0 Å². The van der Waals surface area contributed by atoms with Crippen molar-refractivity contribution in [3.63, 3.8) is 0 Å². The molecular weight excluding hydrogens is 277 g/mol. The predicted molar refractivity (Wildman–Crippen MR) is 62.1 cm³/mol. The van der Waals surface area contributed by atoms with Crippen LogP contribution in [-0.4, -0.2) is 40.5 Å². The molecule has 9 heteroatoms. The van der Waals surface area contributed by atoms with Crippen LogP contribution < -0.4 is 4.90 Å². The third kappa shape index (κ3) is 3.81. The highest BCUT2D eigenvalue weighted by atomic mass is 19.4. The Kier molecular flexibility index (Phi) is 4.49. The smallest absolute Gasteiger partial charge is 0.405 e. The van der Waals surface area contributed by atoms with Crippen molar-refractivity contribution in [3.05, 3.63) is 16.8 Å². The van der Waals surface area contributed by atoms with Crippen LogP contribution in [0, 0.1) is 25.2 Å². The zero-order valence-electron chi connectivity index (χ0n) is 10.7. The second-order valence-electron chi connectivity index (χ2n) is 4.09. The molecule has 1 rings (SSSR count). The van der Waals surface area contributed by atoms with Crippen molar-refractivity contribution in [2.45, 2.75) is 20.0 Å². The zero-order valence-corrected chi connectivity index (χ0v) is 10.7. The average Bonchev–Trinajstić information content (AvgIpc) is 2.29. The van der Waals surface area contributed by atoms with E-state index in [0.29, 0.717) is 16.2 Å². The minimum absolute atomic E-state index is 0.108. The maximum atomic E-state index is 12.5. The van der Waals surface area contributed by atoms with Gasteiger partial charge in [0.1, 0.15) is 24.7 Å². The molecule has 6 nitrogen and oxygen atoms in total. The summed E-state index contributed by atoms with van der Waals surface area (Å²) < 4.78 is 37.5. The summed E-state index contributed by atoms with van der Waals surface area (Å²) >= 11 is 0. The van der Waals surface area contributed by atoms with Crippen LogP contribution in [0.15, 0.2) is 0 Å². The van der Waals surface area contributed by atoms with Crippen LogP contribution in [0.5, 0.6) is 0 Å². The maximum absolute atomic E-state index is 12.5. The fourth-order valence-corrected chi connectivity index (χ4v) is 1.54. The van der Waals surface area contributed by atoms with Gasteiger partial charge in [0.05, 0.1) is 5.69 Å². The van der Waals surface area contributed by atoms with E-state index < -0.39 is 25.2 Å². The molecule has 0 unspecified atom stereocenters. The van der Waals surface area contributed by atoms with Gasteiger partial charge in [0.25, 0.3) is 0 Å². The van der Waals surface area contributed by atoms with Gasteiger partial charge in [-0.25, -0.2) is 0 Å². The second kappa shape index (κ2) is 5.73. The van der Waals surface area contributed by atoms with Crippen LogP contribution in [0.1, 0.15) is 16.8 Å². The number of hydrogen-bond acceptors (Lipinski definition) is 5. The van der Waals surface area contributed by atoms with Crippen LogP contribution in [0.25, 0.3) is 0 Å². The molecular formula is C11H11F3N4O2. The quantitative estimate of drug-likeness (QED) is 0.901. The van der Waals surface area contributed by atoms with Gasteiger partial charge < -0.3 is 10.0 Å². The average molecular weight is 288 g/mol. The third-order valence-electron chi connectivity index (χ3n) is 2.54. The van der Waals surface area contributed by atoms with E-state index in [1.807, 2.05) is 0 Å². The number of alkyl halides is 3. The molecule has 0 saturated carbocycles. The first kappa shape index (κ1) is 15.7. The lowest BCUT2D eigenvalue weighted by atomic mass is 10.1. The van der Waals surface area contributed by atoms with E-state index in [-0.39, 0.29) is 11.4 Å². The number of aryl methyl sites for hydroxylation is 1. The number of carboxylic acid groups (broad SMARTS) is 1. The van der Waals surface area contributed by atoms with Crippen molar-refractivity contribution in [1.29, 1.82) is 5.26 Å². The van der Waals surface area contributed by atoms with E-state index in [1.165, 1.54) is 6.92 Å². The molecule has 0 amide bonds. The summed E-state index contributed by atoms with van der Waals surface area (Å²) in [7, 11) is 0. The normalized spacial score (nSPS) is 11.0. The van der Waals surface area contributed by atoms with E-state index in [9.17, 15) is 18.0 Å². The van der Waals surface area contributed by atoms with Crippen LogP contribution in [0.2, 0.25) is 0 Å². The molecule has 1 aromatic heterocycles. The highest BCUT2D eigenvalue weighted by Gasteiger charge is 2.33. The predicted octanol–water partition coefficient (Wildman–Crippen LogP) is 1.42. The van der Waals surface area contributed by atoms with Crippen molar-refractivity contribution in [2.24, 2.45) is 0 Å². The van der Waals surface area contributed by atoms with Crippen molar-refractivity contribution in [3.8, 4) is 6.07 Å². The van der Waals surface area contributed by atoms with Crippen LogP contribution in [0.4, 0.5) is 19.0 Å². The SMILES string of the molecule is Cc1nnc(N(CC(=O)O)CC(F)(F)F)c(C#N)c1C. The van der Waals surface area contributed by atoms with E-state index in [2.05, 4.69) is 10.2 Å². The molecule has 0 atom stereocenters. The largest absolute Gasteiger partial charge is 0.480 e. The van der Waals surface area contributed by atoms with Crippen molar-refractivity contribution in [2.75, 3.05) is 18.0 Å². The standard InChI is InChI=1S/C11H11F3N4O2/c1-6-7(2)16-17-10(8(6)3-15)18(4-9(19)20)5-11(12,13)14/h4-5H2,1-2H3,(H,19,20). The first-order valence-corrected chi connectivity index (χ1v) is 5.43. The number of nitrogens with zero attached hydrogens (tertiary/aromatic N) is 4. The van der Waals surface area contributed by atoms with Crippen LogP contribution in [-0.2, 0) is 4.79 Å². The second-order valence-corrected chi connectivity index (χ2v) is 4.09. The molecule has 0 saturated heterocycles. The Morgan fingerprint density at radius 2 is 2.00 bits per heavy atom. The molecule has 0 aliphatic rings. The van der Waals surface area contributed by atoms with Crippen LogP contribution >= 0.6 is 0 Å². The summed E-state index contributed by atoms with van der Waals surface area (Å²) in [4.78, 5) is 11.2. The lowest BCUT2D eigenvalue weighted by Crippen LogP contribution is -2.39. The molecule has 1 heterocycles. The molecule has 0 bridgehead atoms.